The Morgan fingerprint density at radius 3 is 2.27 bits per heavy atom. The van der Waals surface area contributed by atoms with Crippen molar-refractivity contribution in [2.75, 3.05) is 41.4 Å². The molecule has 2 unspecified atom stereocenters. The standard InChI is InChI=1S/C55H88N6O12/c1-15-45-55(10,67)48(63)36(6)60(12)29-32(2)26-53(8,66)50(34(4)46(35(5)51(65)72-45)43-27-54(9,69-14)49(64)37(7)71-43)73-52-47(62)42(25-33(3)70-52)59(11)24-22-41-30-61(58-57-41)31-44(68-13)39-20-18-38(19-21-39)40-17-16-23-56-28-40/h16-21,23,28,30,32-37,42-50,52,62-64,66-67H,15,22,24-27,29,31H2,1-14H3/t32-,33-,34+,35-,36-,37+,42+,43?,44?,45-,46+,47-,48-,49+,50-,52+,53-,54-,55-/m1/s1. The van der Waals surface area contributed by atoms with E-state index in [4.69, 9.17) is 28.4 Å². The van der Waals surface area contributed by atoms with Gasteiger partial charge in [-0.25, -0.2) is 4.68 Å². The molecule has 19 atom stereocenters. The van der Waals surface area contributed by atoms with Gasteiger partial charge in [0.05, 0.1) is 53.8 Å². The van der Waals surface area contributed by atoms with Gasteiger partial charge in [0.15, 0.2) is 6.29 Å². The number of nitrogens with zero attached hydrogens (tertiary/aromatic N) is 6. The lowest BCUT2D eigenvalue weighted by Gasteiger charge is -2.51. The predicted octanol–water partition coefficient (Wildman–Crippen LogP) is 4.83. The topological polar surface area (TPSA) is 224 Å². The first-order valence-corrected chi connectivity index (χ1v) is 26.4. The van der Waals surface area contributed by atoms with Gasteiger partial charge in [0.2, 0.25) is 0 Å². The molecule has 18 heteroatoms. The average molecular weight is 1030 g/mol. The van der Waals surface area contributed by atoms with E-state index in [-0.39, 0.29) is 37.4 Å². The summed E-state index contributed by atoms with van der Waals surface area (Å²) >= 11 is 0. The number of methoxy groups -OCH3 is 2. The summed E-state index contributed by atoms with van der Waals surface area (Å²) in [4.78, 5) is 22.9. The van der Waals surface area contributed by atoms with Crippen LogP contribution in [0.1, 0.15) is 112 Å². The van der Waals surface area contributed by atoms with Crippen molar-refractivity contribution in [1.29, 1.82) is 0 Å². The molecule has 0 amide bonds. The van der Waals surface area contributed by atoms with Gasteiger partial charge in [-0.3, -0.25) is 9.78 Å². The number of pyridine rings is 1. The van der Waals surface area contributed by atoms with Gasteiger partial charge in [0.25, 0.3) is 0 Å². The second-order valence-corrected chi connectivity index (χ2v) is 22.5. The van der Waals surface area contributed by atoms with E-state index in [1.807, 2.05) is 78.1 Å². The Hall–Kier alpha value is -3.50. The van der Waals surface area contributed by atoms with E-state index in [1.54, 1.807) is 45.7 Å². The predicted molar refractivity (Wildman–Crippen MR) is 275 cm³/mol. The fourth-order valence-electron chi connectivity index (χ4n) is 12.1. The van der Waals surface area contributed by atoms with Gasteiger partial charge in [-0.15, -0.1) is 5.10 Å². The minimum Gasteiger partial charge on any atom is -0.459 e. The average Bonchev–Trinajstić information content (AvgIpc) is 3.82. The second kappa shape index (κ2) is 24.7. The second-order valence-electron chi connectivity index (χ2n) is 22.5. The minimum atomic E-state index is -1.81. The highest BCUT2D eigenvalue weighted by atomic mass is 16.7. The summed E-state index contributed by atoms with van der Waals surface area (Å²) in [6.07, 6.45) is -1.54. The van der Waals surface area contributed by atoms with E-state index in [0.29, 0.717) is 32.5 Å². The molecule has 5 N–H and O–H groups in total. The molecule has 3 saturated heterocycles. The van der Waals surface area contributed by atoms with Crippen molar-refractivity contribution in [3.63, 3.8) is 0 Å². The third kappa shape index (κ3) is 13.6. The Morgan fingerprint density at radius 2 is 1.64 bits per heavy atom. The lowest BCUT2D eigenvalue weighted by atomic mass is 9.68. The van der Waals surface area contributed by atoms with Crippen LogP contribution >= 0.6 is 0 Å². The number of carbonyl (C=O) groups excluding carboxylic acids is 1. The van der Waals surface area contributed by atoms with Crippen molar-refractivity contribution in [2.24, 2.45) is 23.7 Å². The van der Waals surface area contributed by atoms with Gasteiger partial charge in [0.1, 0.15) is 36.1 Å². The first-order valence-electron chi connectivity index (χ1n) is 26.4. The molecule has 0 saturated carbocycles. The third-order valence-corrected chi connectivity index (χ3v) is 16.7. The van der Waals surface area contributed by atoms with Gasteiger partial charge in [-0.05, 0) is 109 Å². The molecule has 0 bridgehead atoms. The highest BCUT2D eigenvalue weighted by Crippen LogP contribution is 2.45. The highest BCUT2D eigenvalue weighted by molar-refractivity contribution is 5.73. The summed E-state index contributed by atoms with van der Waals surface area (Å²) in [5.41, 5.74) is -0.564. The number of aliphatic hydroxyl groups is 5. The van der Waals surface area contributed by atoms with Gasteiger partial charge in [-0.1, -0.05) is 63.2 Å². The zero-order valence-corrected chi connectivity index (χ0v) is 45.9. The summed E-state index contributed by atoms with van der Waals surface area (Å²) in [7, 11) is 7.03. The van der Waals surface area contributed by atoms with Crippen LogP contribution in [0, 0.1) is 23.7 Å². The Balaban J connectivity index is 1.25. The Labute approximate surface area is 433 Å². The van der Waals surface area contributed by atoms with E-state index >= 15 is 0 Å². The third-order valence-electron chi connectivity index (χ3n) is 16.7. The highest BCUT2D eigenvalue weighted by Gasteiger charge is 2.55. The maximum absolute atomic E-state index is 14.6. The van der Waals surface area contributed by atoms with E-state index in [0.717, 1.165) is 22.4 Å². The van der Waals surface area contributed by atoms with Crippen molar-refractivity contribution in [3.8, 4) is 11.1 Å². The molecular weight excluding hydrogens is 937 g/mol. The van der Waals surface area contributed by atoms with Gasteiger partial charge in [0, 0.05) is 76.7 Å². The van der Waals surface area contributed by atoms with Crippen LogP contribution in [0.4, 0.5) is 0 Å². The summed E-state index contributed by atoms with van der Waals surface area (Å²) in [6, 6.07) is 11.2. The number of hydrogen-bond acceptors (Lipinski definition) is 17. The van der Waals surface area contributed by atoms with Crippen LogP contribution < -0.4 is 0 Å². The molecule has 18 nitrogen and oxygen atoms in total. The number of likely N-dealkylation sites (N-methyl/N-ethyl adjacent to an activating group) is 2. The van der Waals surface area contributed by atoms with Crippen LogP contribution in [0.15, 0.2) is 55.0 Å². The summed E-state index contributed by atoms with van der Waals surface area (Å²) in [5, 5.41) is 69.1. The maximum Gasteiger partial charge on any atom is 0.309 e. The Bertz CT molecular complexity index is 2180. The van der Waals surface area contributed by atoms with Gasteiger partial charge >= 0.3 is 5.97 Å². The number of aromatic nitrogens is 4. The molecule has 0 radical (unpaired) electrons. The fraction of sp³-hybridized carbons (Fsp3) is 0.745. The number of benzene rings is 1. The Kier molecular flexibility index (Phi) is 19.8. The van der Waals surface area contributed by atoms with Crippen LogP contribution in [-0.4, -0.2) is 187 Å². The molecule has 3 aliphatic rings. The summed E-state index contributed by atoms with van der Waals surface area (Å²) in [6.45, 7) is 19.4. The Morgan fingerprint density at radius 1 is 0.945 bits per heavy atom. The number of carbonyl (C=O) groups is 1. The monoisotopic (exact) mass is 1020 g/mol. The number of rotatable bonds is 14. The van der Waals surface area contributed by atoms with E-state index in [9.17, 15) is 30.3 Å². The zero-order chi connectivity index (χ0) is 53.7. The van der Waals surface area contributed by atoms with Crippen molar-refractivity contribution in [1.82, 2.24) is 29.8 Å². The quantitative estimate of drug-likeness (QED) is 0.137. The normalized spacial score (nSPS) is 39.1. The molecule has 3 aromatic rings. The molecule has 1 aromatic carbocycles. The molecular formula is C55H88N6O12. The first kappa shape index (κ1) is 58.8. The number of aliphatic hydroxyl groups excluding tert-OH is 3. The lowest BCUT2D eigenvalue weighted by Crippen LogP contribution is -2.62. The SMILES string of the molecule is CC[C@H]1OC(=O)[C@H](C)[C@@H](C2C[C@@](C)(OC)[C@@H](O)[C@H](C)O2)[C@H](C)[C@@H](O[C@@H]2O[C@H](C)C[C@H](N(C)CCc3cn(CC(OC)c4ccc(-c5cccnc5)cc4)nn3)[C@H]2O)[C@](C)(O)C[C@@H](C)CN(C)[C@H](C)[C@@H](O)[C@]1(C)O. The minimum absolute atomic E-state index is 0.172. The van der Waals surface area contributed by atoms with Gasteiger partial charge in [-0.2, -0.15) is 0 Å². The van der Waals surface area contributed by atoms with Crippen LogP contribution in [0.5, 0.6) is 0 Å². The first-order chi connectivity index (χ1) is 34.3. The number of ether oxygens (including phenoxy) is 6. The molecule has 6 rings (SSSR count). The molecule has 0 aliphatic carbocycles. The largest absolute Gasteiger partial charge is 0.459 e. The van der Waals surface area contributed by atoms with Crippen molar-refractivity contribution >= 4 is 5.97 Å². The van der Waals surface area contributed by atoms with Crippen LogP contribution in [-0.2, 0) is 46.2 Å². The number of cyclic esters (lactones) is 1. The molecule has 3 fully saturated rings. The van der Waals surface area contributed by atoms with E-state index in [2.05, 4.69) is 44.5 Å². The zero-order valence-electron chi connectivity index (χ0n) is 45.9. The molecule has 5 heterocycles. The van der Waals surface area contributed by atoms with E-state index in [1.165, 1.54) is 14.0 Å². The number of esters is 1. The molecule has 2 aromatic heterocycles. The molecule has 3 aliphatic heterocycles. The van der Waals surface area contributed by atoms with E-state index < -0.39 is 102 Å². The summed E-state index contributed by atoms with van der Waals surface area (Å²) in [5.74, 6) is -3.13. The molecule has 0 spiro atoms. The summed E-state index contributed by atoms with van der Waals surface area (Å²) < 4.78 is 40.0. The van der Waals surface area contributed by atoms with Crippen molar-refractivity contribution < 1.29 is 58.7 Å². The van der Waals surface area contributed by atoms with Crippen LogP contribution in [0.25, 0.3) is 11.1 Å². The fourth-order valence-corrected chi connectivity index (χ4v) is 12.1. The maximum atomic E-state index is 14.6. The van der Waals surface area contributed by atoms with Crippen LogP contribution in [0.2, 0.25) is 0 Å². The lowest BCUT2D eigenvalue weighted by molar-refractivity contribution is -0.302. The van der Waals surface area contributed by atoms with Gasteiger partial charge < -0.3 is 63.8 Å². The van der Waals surface area contributed by atoms with Crippen LogP contribution in [0.3, 0.4) is 0 Å². The molecule has 410 valence electrons. The van der Waals surface area contributed by atoms with Crippen molar-refractivity contribution in [2.45, 2.75) is 198 Å². The molecule has 73 heavy (non-hydrogen) atoms. The smallest absolute Gasteiger partial charge is 0.309 e. The number of hydrogen-bond donors (Lipinski definition) is 5. The van der Waals surface area contributed by atoms with Crippen molar-refractivity contribution in [3.05, 3.63) is 66.2 Å².